The number of rotatable bonds is 5. The van der Waals surface area contributed by atoms with Gasteiger partial charge in [0.25, 0.3) is 0 Å². The molecule has 3 heteroatoms. The molecule has 1 aromatic heterocycles. The van der Waals surface area contributed by atoms with Gasteiger partial charge in [0, 0.05) is 0 Å². The molecular weight excluding hydrogens is 242 g/mol. The van der Waals surface area contributed by atoms with E-state index in [4.69, 9.17) is 4.74 Å². The number of pyridine rings is 1. The van der Waals surface area contributed by atoms with E-state index in [1.54, 1.807) is 6.08 Å². The van der Waals surface area contributed by atoms with Crippen LogP contribution in [0.2, 0.25) is 0 Å². The van der Waals surface area contributed by atoms with Gasteiger partial charge in [0.1, 0.15) is 5.01 Å². The van der Waals surface area contributed by atoms with Crippen LogP contribution in [0.1, 0.15) is 24.7 Å². The lowest BCUT2D eigenvalue weighted by Gasteiger charge is -2.08. The molecule has 1 atom stereocenters. The summed E-state index contributed by atoms with van der Waals surface area (Å²) in [5, 5.41) is 0.108. The van der Waals surface area contributed by atoms with E-state index in [1.165, 1.54) is 0 Å². The van der Waals surface area contributed by atoms with Crippen LogP contribution in [0.4, 0.5) is 0 Å². The van der Waals surface area contributed by atoms with Crippen molar-refractivity contribution in [2.24, 2.45) is 0 Å². The zero-order chi connectivity index (χ0) is 10.4. The Hall–Kier alpha value is -0.670. The summed E-state index contributed by atoms with van der Waals surface area (Å²) in [6.07, 6.45) is 2.68. The predicted molar refractivity (Wildman–Crippen MR) is 62.1 cm³/mol. The molecule has 2 nitrogen and oxygen atoms in total. The molecule has 0 aliphatic rings. The Kier molecular flexibility index (Phi) is 4.84. The first-order valence-electron chi connectivity index (χ1n) is 4.60. The van der Waals surface area contributed by atoms with Crippen molar-refractivity contribution in [1.82, 2.24) is 4.98 Å². The third-order valence-corrected chi connectivity index (χ3v) is 2.68. The van der Waals surface area contributed by atoms with Crippen LogP contribution in [0.25, 0.3) is 6.08 Å². The summed E-state index contributed by atoms with van der Waals surface area (Å²) in [5.74, 6) is 0. The molecule has 1 unspecified atom stereocenters. The molecule has 0 N–H and O–H groups in total. The van der Waals surface area contributed by atoms with E-state index in [0.717, 1.165) is 17.8 Å². The molecule has 1 heterocycles. The average Bonchev–Trinajstić information content (AvgIpc) is 2.26. The molecule has 0 bridgehead atoms. The summed E-state index contributed by atoms with van der Waals surface area (Å²) in [5.41, 5.74) is 1.81. The van der Waals surface area contributed by atoms with Gasteiger partial charge >= 0.3 is 0 Å². The van der Waals surface area contributed by atoms with Gasteiger partial charge < -0.3 is 4.74 Å². The minimum atomic E-state index is 0.108. The molecule has 0 aliphatic carbocycles. The number of hydrogen-bond donors (Lipinski definition) is 0. The van der Waals surface area contributed by atoms with Crippen LogP contribution in [0.5, 0.6) is 0 Å². The van der Waals surface area contributed by atoms with Gasteiger partial charge in [-0.2, -0.15) is 0 Å². The van der Waals surface area contributed by atoms with Gasteiger partial charge in [-0.1, -0.05) is 35.5 Å². The van der Waals surface area contributed by atoms with Crippen LogP contribution >= 0.6 is 15.9 Å². The summed E-state index contributed by atoms with van der Waals surface area (Å²) >= 11 is 3.40. The topological polar surface area (TPSA) is 22.1 Å². The second-order valence-corrected chi connectivity index (χ2v) is 3.91. The number of ether oxygens (including phenoxy) is 1. The quantitative estimate of drug-likeness (QED) is 0.753. The van der Waals surface area contributed by atoms with Crippen molar-refractivity contribution in [3.63, 3.8) is 0 Å². The van der Waals surface area contributed by atoms with Crippen molar-refractivity contribution < 1.29 is 4.74 Å². The van der Waals surface area contributed by atoms with E-state index < -0.39 is 0 Å². The number of nitrogens with zero attached hydrogens (tertiary/aromatic N) is 1. The lowest BCUT2D eigenvalue weighted by Crippen LogP contribution is -2.04. The standard InChI is InChI=1S/C11H14BrNO/c1-3-9-6-5-7-10(13-9)8-14-11(12)4-2/h3,5-7,11H,1,4,8H2,2H3. The highest BCUT2D eigenvalue weighted by Crippen LogP contribution is 2.09. The lowest BCUT2D eigenvalue weighted by molar-refractivity contribution is 0.0988. The normalized spacial score (nSPS) is 12.4. The number of alkyl halides is 1. The summed E-state index contributed by atoms with van der Waals surface area (Å²) in [6, 6.07) is 5.82. The van der Waals surface area contributed by atoms with Crippen molar-refractivity contribution in [3.8, 4) is 0 Å². The van der Waals surface area contributed by atoms with Crippen LogP contribution in [0, 0.1) is 0 Å². The fourth-order valence-corrected chi connectivity index (χ4v) is 1.12. The van der Waals surface area contributed by atoms with Gasteiger partial charge in [-0.3, -0.25) is 4.98 Å². The number of hydrogen-bond acceptors (Lipinski definition) is 2. The molecule has 14 heavy (non-hydrogen) atoms. The minimum Gasteiger partial charge on any atom is -0.361 e. The lowest BCUT2D eigenvalue weighted by atomic mass is 10.3. The zero-order valence-electron chi connectivity index (χ0n) is 8.24. The second-order valence-electron chi connectivity index (χ2n) is 2.89. The average molecular weight is 256 g/mol. The van der Waals surface area contributed by atoms with E-state index >= 15 is 0 Å². The molecular formula is C11H14BrNO. The highest BCUT2D eigenvalue weighted by Gasteiger charge is 2.01. The second kappa shape index (κ2) is 5.94. The number of halogens is 1. The number of aromatic nitrogens is 1. The van der Waals surface area contributed by atoms with E-state index in [9.17, 15) is 0 Å². The zero-order valence-corrected chi connectivity index (χ0v) is 9.83. The van der Waals surface area contributed by atoms with E-state index in [-0.39, 0.29) is 5.01 Å². The first-order valence-corrected chi connectivity index (χ1v) is 5.52. The Morgan fingerprint density at radius 2 is 2.43 bits per heavy atom. The first kappa shape index (κ1) is 11.4. The minimum absolute atomic E-state index is 0.108. The maximum atomic E-state index is 5.50. The fraction of sp³-hybridized carbons (Fsp3) is 0.364. The molecule has 0 fully saturated rings. The van der Waals surface area contributed by atoms with Gasteiger partial charge in [-0.25, -0.2) is 0 Å². The van der Waals surface area contributed by atoms with Crippen molar-refractivity contribution in [2.45, 2.75) is 25.0 Å². The SMILES string of the molecule is C=Cc1cccc(COC(Br)CC)n1. The highest BCUT2D eigenvalue weighted by molar-refractivity contribution is 9.09. The van der Waals surface area contributed by atoms with E-state index in [0.29, 0.717) is 6.61 Å². The largest absolute Gasteiger partial charge is 0.361 e. The molecule has 76 valence electrons. The Morgan fingerprint density at radius 1 is 1.64 bits per heavy atom. The van der Waals surface area contributed by atoms with Gasteiger partial charge in [0.05, 0.1) is 18.0 Å². The van der Waals surface area contributed by atoms with Crippen LogP contribution in [0.3, 0.4) is 0 Å². The summed E-state index contributed by atoms with van der Waals surface area (Å²) < 4.78 is 5.50. The Morgan fingerprint density at radius 3 is 3.07 bits per heavy atom. The Balaban J connectivity index is 2.54. The smallest absolute Gasteiger partial charge is 0.112 e. The Labute approximate surface area is 93.1 Å². The molecule has 0 saturated carbocycles. The maximum absolute atomic E-state index is 5.50. The maximum Gasteiger partial charge on any atom is 0.112 e. The third-order valence-electron chi connectivity index (χ3n) is 1.77. The first-order chi connectivity index (χ1) is 6.76. The van der Waals surface area contributed by atoms with Crippen LogP contribution in [0.15, 0.2) is 24.8 Å². The van der Waals surface area contributed by atoms with Crippen LogP contribution < -0.4 is 0 Å². The van der Waals surface area contributed by atoms with Gasteiger partial charge in [-0.15, -0.1) is 0 Å². The monoisotopic (exact) mass is 255 g/mol. The molecule has 0 spiro atoms. The Bertz CT molecular complexity index is 301. The molecule has 0 radical (unpaired) electrons. The van der Waals surface area contributed by atoms with Crippen molar-refractivity contribution >= 4 is 22.0 Å². The molecule has 1 rings (SSSR count). The molecule has 0 aliphatic heterocycles. The molecule has 0 amide bonds. The van der Waals surface area contributed by atoms with Crippen molar-refractivity contribution in [2.75, 3.05) is 0 Å². The van der Waals surface area contributed by atoms with Crippen molar-refractivity contribution in [3.05, 3.63) is 36.2 Å². The molecule has 0 aromatic carbocycles. The molecule has 1 aromatic rings. The summed E-state index contributed by atoms with van der Waals surface area (Å²) in [4.78, 5) is 4.33. The van der Waals surface area contributed by atoms with Gasteiger partial charge in [0.15, 0.2) is 0 Å². The van der Waals surface area contributed by atoms with Gasteiger partial charge in [-0.05, 0) is 24.6 Å². The summed E-state index contributed by atoms with van der Waals surface area (Å²) in [7, 11) is 0. The van der Waals surface area contributed by atoms with Gasteiger partial charge in [0.2, 0.25) is 0 Å². The van der Waals surface area contributed by atoms with E-state index in [1.807, 2.05) is 18.2 Å². The highest BCUT2D eigenvalue weighted by atomic mass is 79.9. The summed E-state index contributed by atoms with van der Waals surface area (Å²) in [6.45, 7) is 6.27. The van der Waals surface area contributed by atoms with Crippen molar-refractivity contribution in [1.29, 1.82) is 0 Å². The van der Waals surface area contributed by atoms with Crippen LogP contribution in [-0.2, 0) is 11.3 Å². The fourth-order valence-electron chi connectivity index (χ4n) is 0.986. The third kappa shape index (κ3) is 3.60. The predicted octanol–water partition coefficient (Wildman–Crippen LogP) is 3.37. The van der Waals surface area contributed by atoms with Crippen LogP contribution in [-0.4, -0.2) is 10.00 Å². The molecule has 0 saturated heterocycles. The van der Waals surface area contributed by atoms with E-state index in [2.05, 4.69) is 34.4 Å².